The molecule has 1 amide bonds. The SMILES string of the molecule is CSCC(C)N(C)CC(=O)N(C)c1ccc(N)cc1. The summed E-state index contributed by atoms with van der Waals surface area (Å²) in [4.78, 5) is 15.9. The number of amides is 1. The molecule has 0 heterocycles. The van der Waals surface area contributed by atoms with Crippen molar-refractivity contribution in [3.8, 4) is 0 Å². The standard InChI is InChI=1S/C14H23N3OS/c1-11(10-19-4)16(2)9-14(18)17(3)13-7-5-12(15)6-8-13/h5-8,11H,9-10,15H2,1-4H3. The van der Waals surface area contributed by atoms with Gasteiger partial charge in [0, 0.05) is 30.2 Å². The molecule has 1 rings (SSSR count). The van der Waals surface area contributed by atoms with E-state index >= 15 is 0 Å². The predicted molar refractivity (Wildman–Crippen MR) is 84.7 cm³/mol. The van der Waals surface area contributed by atoms with Crippen LogP contribution in [-0.4, -0.2) is 49.5 Å². The van der Waals surface area contributed by atoms with Crippen LogP contribution in [0.15, 0.2) is 24.3 Å². The van der Waals surface area contributed by atoms with Crippen LogP contribution >= 0.6 is 11.8 Å². The zero-order valence-electron chi connectivity index (χ0n) is 12.1. The number of nitrogens with two attached hydrogens (primary N) is 1. The average Bonchev–Trinajstić information content (AvgIpc) is 2.38. The van der Waals surface area contributed by atoms with Crippen molar-refractivity contribution < 1.29 is 4.79 Å². The Morgan fingerprint density at radius 1 is 1.32 bits per heavy atom. The molecule has 106 valence electrons. The maximum atomic E-state index is 12.2. The molecular formula is C14H23N3OS. The zero-order chi connectivity index (χ0) is 14.4. The van der Waals surface area contributed by atoms with Crippen molar-refractivity contribution in [2.75, 3.05) is 43.3 Å². The van der Waals surface area contributed by atoms with E-state index in [-0.39, 0.29) is 5.91 Å². The van der Waals surface area contributed by atoms with Gasteiger partial charge in [0.25, 0.3) is 0 Å². The molecule has 5 heteroatoms. The van der Waals surface area contributed by atoms with Crippen LogP contribution in [0.3, 0.4) is 0 Å². The zero-order valence-corrected chi connectivity index (χ0v) is 12.9. The summed E-state index contributed by atoms with van der Waals surface area (Å²) in [7, 11) is 3.77. The normalized spacial score (nSPS) is 12.5. The number of hydrogen-bond donors (Lipinski definition) is 1. The molecule has 0 saturated carbocycles. The minimum atomic E-state index is 0.0835. The second kappa shape index (κ2) is 7.40. The first-order valence-electron chi connectivity index (χ1n) is 6.27. The number of rotatable bonds is 6. The number of benzene rings is 1. The third kappa shape index (κ3) is 4.76. The van der Waals surface area contributed by atoms with Crippen LogP contribution in [0, 0.1) is 0 Å². The molecule has 0 saturated heterocycles. The van der Waals surface area contributed by atoms with E-state index in [9.17, 15) is 4.79 Å². The van der Waals surface area contributed by atoms with Gasteiger partial charge in [0.05, 0.1) is 6.54 Å². The Morgan fingerprint density at radius 2 is 1.89 bits per heavy atom. The molecule has 1 aromatic rings. The van der Waals surface area contributed by atoms with Crippen LogP contribution in [0.2, 0.25) is 0 Å². The summed E-state index contributed by atoms with van der Waals surface area (Å²) in [5.41, 5.74) is 7.21. The summed E-state index contributed by atoms with van der Waals surface area (Å²) in [6.45, 7) is 2.55. The highest BCUT2D eigenvalue weighted by atomic mass is 32.2. The van der Waals surface area contributed by atoms with E-state index in [0.29, 0.717) is 18.3 Å². The number of nitrogen functional groups attached to an aromatic ring is 1. The quantitative estimate of drug-likeness (QED) is 0.809. The van der Waals surface area contributed by atoms with Crippen molar-refractivity contribution in [2.45, 2.75) is 13.0 Å². The number of carbonyl (C=O) groups excluding carboxylic acids is 1. The topological polar surface area (TPSA) is 49.6 Å². The molecular weight excluding hydrogens is 258 g/mol. The van der Waals surface area contributed by atoms with Gasteiger partial charge in [-0.15, -0.1) is 0 Å². The van der Waals surface area contributed by atoms with Gasteiger partial charge in [0.2, 0.25) is 5.91 Å². The largest absolute Gasteiger partial charge is 0.399 e. The van der Waals surface area contributed by atoms with Gasteiger partial charge >= 0.3 is 0 Å². The molecule has 1 unspecified atom stereocenters. The molecule has 0 aliphatic carbocycles. The number of carbonyl (C=O) groups is 1. The van der Waals surface area contributed by atoms with Crippen LogP contribution in [-0.2, 0) is 4.79 Å². The monoisotopic (exact) mass is 281 g/mol. The molecule has 2 N–H and O–H groups in total. The first-order chi connectivity index (χ1) is 8.95. The molecule has 0 fully saturated rings. The summed E-state index contributed by atoms with van der Waals surface area (Å²) in [6.07, 6.45) is 2.08. The van der Waals surface area contributed by atoms with Gasteiger partial charge in [-0.1, -0.05) is 0 Å². The summed E-state index contributed by atoms with van der Waals surface area (Å²) >= 11 is 1.79. The Bertz CT molecular complexity index is 408. The van der Waals surface area contributed by atoms with Crippen LogP contribution in [0.5, 0.6) is 0 Å². The van der Waals surface area contributed by atoms with Crippen LogP contribution in [0.25, 0.3) is 0 Å². The van der Waals surface area contributed by atoms with E-state index in [1.807, 2.05) is 19.2 Å². The highest BCUT2D eigenvalue weighted by Gasteiger charge is 2.16. The smallest absolute Gasteiger partial charge is 0.240 e. The lowest BCUT2D eigenvalue weighted by Crippen LogP contribution is -2.41. The Hall–Kier alpha value is -1.20. The van der Waals surface area contributed by atoms with Crippen LogP contribution < -0.4 is 10.6 Å². The fourth-order valence-electron chi connectivity index (χ4n) is 1.69. The highest BCUT2D eigenvalue weighted by Crippen LogP contribution is 2.15. The van der Waals surface area contributed by atoms with Gasteiger partial charge in [-0.05, 0) is 44.5 Å². The van der Waals surface area contributed by atoms with Crippen molar-refractivity contribution in [3.05, 3.63) is 24.3 Å². The van der Waals surface area contributed by atoms with E-state index in [2.05, 4.69) is 18.1 Å². The summed E-state index contributed by atoms with van der Waals surface area (Å²) < 4.78 is 0. The van der Waals surface area contributed by atoms with Crippen molar-refractivity contribution in [1.29, 1.82) is 0 Å². The molecule has 4 nitrogen and oxygen atoms in total. The minimum Gasteiger partial charge on any atom is -0.399 e. The molecule has 0 aliphatic rings. The lowest BCUT2D eigenvalue weighted by Gasteiger charge is -2.26. The van der Waals surface area contributed by atoms with E-state index in [0.717, 1.165) is 11.4 Å². The summed E-state index contributed by atoms with van der Waals surface area (Å²) in [6, 6.07) is 7.72. The Labute approximate surface area is 119 Å². The van der Waals surface area contributed by atoms with E-state index in [4.69, 9.17) is 5.73 Å². The fraction of sp³-hybridized carbons (Fsp3) is 0.500. The van der Waals surface area contributed by atoms with Gasteiger partial charge in [-0.3, -0.25) is 9.69 Å². The fourth-order valence-corrected chi connectivity index (χ4v) is 2.42. The van der Waals surface area contributed by atoms with E-state index < -0.39 is 0 Å². The van der Waals surface area contributed by atoms with E-state index in [1.165, 1.54) is 0 Å². The molecule has 19 heavy (non-hydrogen) atoms. The molecule has 0 aliphatic heterocycles. The lowest BCUT2D eigenvalue weighted by atomic mass is 10.2. The second-order valence-corrected chi connectivity index (χ2v) is 5.67. The third-order valence-electron chi connectivity index (χ3n) is 3.20. The van der Waals surface area contributed by atoms with Gasteiger partial charge in [0.1, 0.15) is 0 Å². The number of anilines is 2. The number of thioether (sulfide) groups is 1. The highest BCUT2D eigenvalue weighted by molar-refractivity contribution is 7.98. The summed E-state index contributed by atoms with van der Waals surface area (Å²) in [5.74, 6) is 1.11. The Morgan fingerprint density at radius 3 is 2.42 bits per heavy atom. The van der Waals surface area contributed by atoms with Gasteiger partial charge in [-0.2, -0.15) is 11.8 Å². The summed E-state index contributed by atoms with van der Waals surface area (Å²) in [5, 5.41) is 0. The van der Waals surface area contributed by atoms with Crippen LogP contribution in [0.1, 0.15) is 6.92 Å². The molecule has 1 aromatic carbocycles. The predicted octanol–water partition coefficient (Wildman–Crippen LogP) is 1.91. The molecule has 0 spiro atoms. The number of nitrogens with zero attached hydrogens (tertiary/aromatic N) is 2. The van der Waals surface area contributed by atoms with Crippen molar-refractivity contribution in [2.24, 2.45) is 0 Å². The molecule has 0 radical (unpaired) electrons. The Balaban J connectivity index is 2.60. The first kappa shape index (κ1) is 15.9. The van der Waals surface area contributed by atoms with Gasteiger partial charge in [-0.25, -0.2) is 0 Å². The lowest BCUT2D eigenvalue weighted by molar-refractivity contribution is -0.119. The van der Waals surface area contributed by atoms with Crippen LogP contribution in [0.4, 0.5) is 11.4 Å². The van der Waals surface area contributed by atoms with Crippen molar-refractivity contribution in [3.63, 3.8) is 0 Å². The maximum Gasteiger partial charge on any atom is 0.240 e. The molecule has 0 aromatic heterocycles. The molecule has 0 bridgehead atoms. The first-order valence-corrected chi connectivity index (χ1v) is 7.66. The number of hydrogen-bond acceptors (Lipinski definition) is 4. The maximum absolute atomic E-state index is 12.2. The average molecular weight is 281 g/mol. The Kier molecular flexibility index (Phi) is 6.18. The van der Waals surface area contributed by atoms with Crippen molar-refractivity contribution >= 4 is 29.0 Å². The van der Waals surface area contributed by atoms with E-state index in [1.54, 1.807) is 35.8 Å². The number of likely N-dealkylation sites (N-methyl/N-ethyl adjacent to an activating group) is 2. The van der Waals surface area contributed by atoms with Crippen molar-refractivity contribution in [1.82, 2.24) is 4.90 Å². The third-order valence-corrected chi connectivity index (χ3v) is 4.02. The van der Waals surface area contributed by atoms with Gasteiger partial charge < -0.3 is 10.6 Å². The minimum absolute atomic E-state index is 0.0835. The second-order valence-electron chi connectivity index (χ2n) is 4.76. The molecule has 1 atom stereocenters. The van der Waals surface area contributed by atoms with Gasteiger partial charge in [0.15, 0.2) is 0 Å².